The molecule has 1 N–H and O–H groups in total. The van der Waals surface area contributed by atoms with Crippen LogP contribution in [0.5, 0.6) is 0 Å². The Morgan fingerprint density at radius 1 is 1.44 bits per heavy atom. The van der Waals surface area contributed by atoms with Crippen molar-refractivity contribution >= 4 is 29.4 Å². The van der Waals surface area contributed by atoms with E-state index < -0.39 is 0 Å². The number of thioether (sulfide) groups is 1. The lowest BCUT2D eigenvalue weighted by molar-refractivity contribution is -0.118. The van der Waals surface area contributed by atoms with Crippen LogP contribution in [0.15, 0.2) is 0 Å². The standard InChI is InChI=1S/C11H20N4OS2/c1-9-10(14-18-13-9)7-17-8-11(16)12-5-4-6-15(2)3/h4-8H2,1-3H3,(H,12,16). The highest BCUT2D eigenvalue weighted by atomic mass is 32.2. The summed E-state index contributed by atoms with van der Waals surface area (Å²) in [5, 5.41) is 2.91. The maximum Gasteiger partial charge on any atom is 0.230 e. The van der Waals surface area contributed by atoms with Crippen LogP contribution in [0.2, 0.25) is 0 Å². The monoisotopic (exact) mass is 288 g/mol. The SMILES string of the molecule is Cc1nsnc1CSCC(=O)NCCCN(C)C. The van der Waals surface area contributed by atoms with Gasteiger partial charge in [0.1, 0.15) is 0 Å². The molecule has 18 heavy (non-hydrogen) atoms. The quantitative estimate of drug-likeness (QED) is 0.727. The Morgan fingerprint density at radius 3 is 2.83 bits per heavy atom. The van der Waals surface area contributed by atoms with Crippen LogP contribution in [-0.4, -0.2) is 52.5 Å². The number of amides is 1. The second kappa shape index (κ2) is 8.44. The molecule has 0 atom stereocenters. The van der Waals surface area contributed by atoms with Crippen LogP contribution >= 0.6 is 23.5 Å². The van der Waals surface area contributed by atoms with Gasteiger partial charge in [-0.25, -0.2) is 0 Å². The molecule has 5 nitrogen and oxygen atoms in total. The number of hydrogen-bond acceptors (Lipinski definition) is 6. The van der Waals surface area contributed by atoms with E-state index in [4.69, 9.17) is 0 Å². The van der Waals surface area contributed by atoms with Gasteiger partial charge >= 0.3 is 0 Å². The summed E-state index contributed by atoms with van der Waals surface area (Å²) in [6, 6.07) is 0. The molecule has 1 amide bonds. The Bertz CT molecular complexity index is 368. The fraction of sp³-hybridized carbons (Fsp3) is 0.727. The third-order valence-electron chi connectivity index (χ3n) is 2.32. The molecule has 0 unspecified atom stereocenters. The maximum absolute atomic E-state index is 11.5. The van der Waals surface area contributed by atoms with E-state index in [1.165, 1.54) is 11.7 Å². The summed E-state index contributed by atoms with van der Waals surface area (Å²) in [4.78, 5) is 13.6. The molecular formula is C11H20N4OS2. The second-order valence-electron chi connectivity index (χ2n) is 4.30. The van der Waals surface area contributed by atoms with Gasteiger partial charge in [-0.3, -0.25) is 4.79 Å². The fourth-order valence-corrected chi connectivity index (χ4v) is 2.80. The summed E-state index contributed by atoms with van der Waals surface area (Å²) in [7, 11) is 4.06. The third-order valence-corrected chi connectivity index (χ3v) is 3.92. The molecule has 1 aromatic rings. The average molecular weight is 288 g/mol. The summed E-state index contributed by atoms with van der Waals surface area (Å²) in [6.07, 6.45) is 0.985. The molecule has 1 rings (SSSR count). The zero-order chi connectivity index (χ0) is 13.4. The van der Waals surface area contributed by atoms with Gasteiger partial charge in [0.15, 0.2) is 0 Å². The summed E-state index contributed by atoms with van der Waals surface area (Å²) in [5.41, 5.74) is 1.96. The number of hydrogen-bond donors (Lipinski definition) is 1. The zero-order valence-corrected chi connectivity index (χ0v) is 12.7. The minimum atomic E-state index is 0.0968. The number of aryl methyl sites for hydroxylation is 1. The van der Waals surface area contributed by atoms with Crippen molar-refractivity contribution in [2.24, 2.45) is 0 Å². The Kier molecular flexibility index (Phi) is 7.22. The zero-order valence-electron chi connectivity index (χ0n) is 11.1. The molecule has 0 saturated heterocycles. The van der Waals surface area contributed by atoms with Gasteiger partial charge < -0.3 is 10.2 Å². The topological polar surface area (TPSA) is 58.1 Å². The molecule has 0 aromatic carbocycles. The first-order valence-corrected chi connectivity index (χ1v) is 7.75. The molecule has 0 aliphatic carbocycles. The first-order chi connectivity index (χ1) is 8.59. The Labute approximate surface area is 117 Å². The van der Waals surface area contributed by atoms with E-state index in [0.29, 0.717) is 5.75 Å². The largest absolute Gasteiger partial charge is 0.355 e. The lowest BCUT2D eigenvalue weighted by atomic mass is 10.4. The predicted octanol–water partition coefficient (Wildman–Crippen LogP) is 1.15. The number of nitrogens with zero attached hydrogens (tertiary/aromatic N) is 3. The summed E-state index contributed by atoms with van der Waals surface area (Å²) in [6.45, 7) is 3.69. The summed E-state index contributed by atoms with van der Waals surface area (Å²) in [5.74, 6) is 1.34. The summed E-state index contributed by atoms with van der Waals surface area (Å²) >= 11 is 2.81. The second-order valence-corrected chi connectivity index (χ2v) is 5.81. The van der Waals surface area contributed by atoms with Gasteiger partial charge in [-0.05, 0) is 34.0 Å². The van der Waals surface area contributed by atoms with Crippen LogP contribution in [0.25, 0.3) is 0 Å². The van der Waals surface area contributed by atoms with Crippen molar-refractivity contribution in [1.82, 2.24) is 19.0 Å². The van der Waals surface area contributed by atoms with E-state index in [0.717, 1.165) is 36.7 Å². The molecule has 0 spiro atoms. The average Bonchev–Trinajstić information content (AvgIpc) is 2.70. The maximum atomic E-state index is 11.5. The number of nitrogens with one attached hydrogen (secondary N) is 1. The van der Waals surface area contributed by atoms with Gasteiger partial charge in [0, 0.05) is 12.3 Å². The molecule has 7 heteroatoms. The molecule has 1 heterocycles. The van der Waals surface area contributed by atoms with Gasteiger partial charge in [-0.15, -0.1) is 11.8 Å². The molecular weight excluding hydrogens is 268 g/mol. The van der Waals surface area contributed by atoms with Crippen LogP contribution in [0, 0.1) is 6.92 Å². The fourth-order valence-electron chi connectivity index (χ4n) is 1.29. The molecule has 1 aromatic heterocycles. The predicted molar refractivity (Wildman–Crippen MR) is 77.0 cm³/mol. The number of carbonyl (C=O) groups is 1. The molecule has 0 radical (unpaired) electrons. The van der Waals surface area contributed by atoms with E-state index in [1.807, 2.05) is 21.0 Å². The third kappa shape index (κ3) is 6.32. The van der Waals surface area contributed by atoms with E-state index in [-0.39, 0.29) is 5.91 Å². The molecule has 0 bridgehead atoms. The number of rotatable bonds is 8. The first-order valence-electron chi connectivity index (χ1n) is 5.87. The molecule has 0 aliphatic rings. The molecule has 102 valence electrons. The number of carbonyl (C=O) groups excluding carboxylic acids is 1. The highest BCUT2D eigenvalue weighted by Gasteiger charge is 2.05. The normalized spacial score (nSPS) is 10.9. The molecule has 0 aliphatic heterocycles. The van der Waals surface area contributed by atoms with Crippen molar-refractivity contribution in [2.45, 2.75) is 19.1 Å². The van der Waals surface area contributed by atoms with Gasteiger partial charge in [0.25, 0.3) is 0 Å². The lowest BCUT2D eigenvalue weighted by Crippen LogP contribution is -2.28. The van der Waals surface area contributed by atoms with Crippen LogP contribution in [0.3, 0.4) is 0 Å². The summed E-state index contributed by atoms with van der Waals surface area (Å²) < 4.78 is 8.28. The van der Waals surface area contributed by atoms with Crippen LogP contribution in [0.4, 0.5) is 0 Å². The van der Waals surface area contributed by atoms with Crippen LogP contribution in [-0.2, 0) is 10.5 Å². The van der Waals surface area contributed by atoms with E-state index in [9.17, 15) is 4.79 Å². The first kappa shape index (κ1) is 15.4. The number of aromatic nitrogens is 2. The van der Waals surface area contributed by atoms with Crippen LogP contribution in [0.1, 0.15) is 17.8 Å². The molecule has 0 saturated carbocycles. The van der Waals surface area contributed by atoms with E-state index >= 15 is 0 Å². The Morgan fingerprint density at radius 2 is 2.22 bits per heavy atom. The minimum absolute atomic E-state index is 0.0968. The van der Waals surface area contributed by atoms with Gasteiger partial charge in [-0.1, -0.05) is 0 Å². The highest BCUT2D eigenvalue weighted by molar-refractivity contribution is 7.99. The smallest absolute Gasteiger partial charge is 0.230 e. The van der Waals surface area contributed by atoms with Crippen molar-refractivity contribution < 1.29 is 4.79 Å². The van der Waals surface area contributed by atoms with Crippen molar-refractivity contribution in [1.29, 1.82) is 0 Å². The van der Waals surface area contributed by atoms with E-state index in [1.54, 1.807) is 11.8 Å². The van der Waals surface area contributed by atoms with Crippen molar-refractivity contribution in [3.63, 3.8) is 0 Å². The molecule has 0 fully saturated rings. The lowest BCUT2D eigenvalue weighted by Gasteiger charge is -2.09. The van der Waals surface area contributed by atoms with Crippen molar-refractivity contribution in [3.8, 4) is 0 Å². The van der Waals surface area contributed by atoms with Crippen molar-refractivity contribution in [2.75, 3.05) is 32.9 Å². The Hall–Kier alpha value is -0.660. The van der Waals surface area contributed by atoms with Gasteiger partial charge in [-0.2, -0.15) is 8.75 Å². The van der Waals surface area contributed by atoms with Gasteiger partial charge in [0.2, 0.25) is 5.91 Å². The van der Waals surface area contributed by atoms with Crippen LogP contribution < -0.4 is 5.32 Å². The van der Waals surface area contributed by atoms with Gasteiger partial charge in [0.05, 0.1) is 28.9 Å². The van der Waals surface area contributed by atoms with E-state index in [2.05, 4.69) is 19.0 Å². The Balaban J connectivity index is 2.05. The van der Waals surface area contributed by atoms with Crippen molar-refractivity contribution in [3.05, 3.63) is 11.4 Å². The highest BCUT2D eigenvalue weighted by Crippen LogP contribution is 2.13. The minimum Gasteiger partial charge on any atom is -0.355 e.